The van der Waals surface area contributed by atoms with Crippen LogP contribution in [0.2, 0.25) is 0 Å². The highest BCUT2D eigenvalue weighted by atomic mass is 16.5. The Morgan fingerprint density at radius 3 is 2.70 bits per heavy atom. The van der Waals surface area contributed by atoms with Gasteiger partial charge in [0.2, 0.25) is 5.91 Å². The monoisotopic (exact) mass is 318 g/mol. The second-order valence-corrected chi connectivity index (χ2v) is 6.57. The highest BCUT2D eigenvalue weighted by Crippen LogP contribution is 2.37. The number of nitrogens with zero attached hydrogens (tertiary/aromatic N) is 2. The molecule has 0 spiro atoms. The highest BCUT2D eigenvalue weighted by molar-refractivity contribution is 5.79. The average molecular weight is 318 g/mol. The van der Waals surface area contributed by atoms with Crippen LogP contribution in [0.15, 0.2) is 12.1 Å². The van der Waals surface area contributed by atoms with E-state index in [1.54, 1.807) is 13.2 Å². The van der Waals surface area contributed by atoms with Gasteiger partial charge in [-0.05, 0) is 62.5 Å². The van der Waals surface area contributed by atoms with E-state index in [2.05, 4.69) is 11.8 Å². The zero-order valence-corrected chi connectivity index (χ0v) is 14.0. The maximum atomic E-state index is 12.7. The number of carbonyl (C=O) groups excluding carboxylic acids is 1. The fraction of sp³-hybridized carbons (Fsp3) is 0.611. The van der Waals surface area contributed by atoms with Crippen LogP contribution in [0, 0.1) is 0 Å². The molecule has 2 aliphatic rings. The SMILES string of the molecule is COc1cc2c(cc1O)CCN(C(=O)CN1CCCCC1)[C@@H]2C. The molecule has 0 aromatic heterocycles. The van der Waals surface area contributed by atoms with Crippen LogP contribution in [0.25, 0.3) is 0 Å². The van der Waals surface area contributed by atoms with Gasteiger partial charge in [0.25, 0.3) is 0 Å². The van der Waals surface area contributed by atoms with Gasteiger partial charge < -0.3 is 14.7 Å². The van der Waals surface area contributed by atoms with Crippen molar-refractivity contribution in [2.45, 2.75) is 38.6 Å². The van der Waals surface area contributed by atoms with Gasteiger partial charge in [-0.15, -0.1) is 0 Å². The third-order valence-electron chi connectivity index (χ3n) is 5.11. The molecule has 1 aromatic carbocycles. The van der Waals surface area contributed by atoms with E-state index in [9.17, 15) is 9.90 Å². The number of aromatic hydroxyl groups is 1. The largest absolute Gasteiger partial charge is 0.504 e. The van der Waals surface area contributed by atoms with Crippen LogP contribution in [0.1, 0.15) is 43.4 Å². The number of fused-ring (bicyclic) bond motifs is 1. The Morgan fingerprint density at radius 1 is 1.26 bits per heavy atom. The van der Waals surface area contributed by atoms with Crippen LogP contribution < -0.4 is 4.74 Å². The summed E-state index contributed by atoms with van der Waals surface area (Å²) in [4.78, 5) is 16.9. The van der Waals surface area contributed by atoms with Crippen molar-refractivity contribution in [1.29, 1.82) is 0 Å². The van der Waals surface area contributed by atoms with Gasteiger partial charge in [-0.1, -0.05) is 6.42 Å². The molecular weight excluding hydrogens is 292 g/mol. The van der Waals surface area contributed by atoms with E-state index in [4.69, 9.17) is 4.74 Å². The van der Waals surface area contributed by atoms with Crippen molar-refractivity contribution in [3.8, 4) is 11.5 Å². The summed E-state index contributed by atoms with van der Waals surface area (Å²) < 4.78 is 5.21. The summed E-state index contributed by atoms with van der Waals surface area (Å²) in [6.45, 7) is 5.36. The van der Waals surface area contributed by atoms with Crippen molar-refractivity contribution in [2.24, 2.45) is 0 Å². The van der Waals surface area contributed by atoms with Gasteiger partial charge in [0.1, 0.15) is 0 Å². The molecule has 1 fully saturated rings. The van der Waals surface area contributed by atoms with Crippen LogP contribution in [-0.2, 0) is 11.2 Å². The molecular formula is C18H26N2O3. The first-order chi connectivity index (χ1) is 11.1. The number of rotatable bonds is 3. The van der Waals surface area contributed by atoms with Gasteiger partial charge in [0, 0.05) is 6.54 Å². The molecule has 126 valence electrons. The maximum Gasteiger partial charge on any atom is 0.237 e. The topological polar surface area (TPSA) is 53.0 Å². The molecule has 0 aliphatic carbocycles. The first kappa shape index (κ1) is 16.1. The summed E-state index contributed by atoms with van der Waals surface area (Å²) in [6, 6.07) is 3.66. The number of piperidine rings is 1. The minimum Gasteiger partial charge on any atom is -0.504 e. The molecule has 0 bridgehead atoms. The molecule has 2 heterocycles. The molecule has 5 nitrogen and oxygen atoms in total. The first-order valence-electron chi connectivity index (χ1n) is 8.51. The number of hydrogen-bond acceptors (Lipinski definition) is 4. The van der Waals surface area contributed by atoms with Crippen LogP contribution >= 0.6 is 0 Å². The Kier molecular flexibility index (Phi) is 4.76. The molecule has 1 saturated heterocycles. The summed E-state index contributed by atoms with van der Waals surface area (Å²) in [6.07, 6.45) is 4.45. The Balaban J connectivity index is 1.74. The number of benzene rings is 1. The lowest BCUT2D eigenvalue weighted by Crippen LogP contribution is -2.45. The van der Waals surface area contributed by atoms with Gasteiger partial charge in [0.05, 0.1) is 19.7 Å². The van der Waals surface area contributed by atoms with Gasteiger partial charge in [-0.3, -0.25) is 9.69 Å². The Bertz CT molecular complexity index is 582. The van der Waals surface area contributed by atoms with E-state index in [1.165, 1.54) is 19.3 Å². The summed E-state index contributed by atoms with van der Waals surface area (Å²) in [5.74, 6) is 0.851. The molecule has 0 radical (unpaired) electrons. The fourth-order valence-electron chi connectivity index (χ4n) is 3.74. The van der Waals surface area contributed by atoms with Crippen molar-refractivity contribution in [3.05, 3.63) is 23.3 Å². The molecule has 1 atom stereocenters. The number of likely N-dealkylation sites (tertiary alicyclic amines) is 1. The van der Waals surface area contributed by atoms with E-state index < -0.39 is 0 Å². The molecule has 1 amide bonds. The quantitative estimate of drug-likeness (QED) is 0.929. The minimum absolute atomic E-state index is 0.0190. The van der Waals surface area contributed by atoms with E-state index in [0.717, 1.165) is 30.6 Å². The van der Waals surface area contributed by atoms with Crippen LogP contribution in [0.4, 0.5) is 0 Å². The van der Waals surface area contributed by atoms with Crippen molar-refractivity contribution < 1.29 is 14.6 Å². The number of phenolic OH excluding ortho intramolecular Hbond substituents is 1. The third kappa shape index (κ3) is 3.29. The Labute approximate surface area is 137 Å². The normalized spacial score (nSPS) is 21.8. The summed E-state index contributed by atoms with van der Waals surface area (Å²) in [5, 5.41) is 9.93. The lowest BCUT2D eigenvalue weighted by atomic mass is 9.92. The van der Waals surface area contributed by atoms with E-state index in [-0.39, 0.29) is 17.7 Å². The molecule has 23 heavy (non-hydrogen) atoms. The summed E-state index contributed by atoms with van der Waals surface area (Å²) in [7, 11) is 1.55. The van der Waals surface area contributed by atoms with Gasteiger partial charge in [-0.2, -0.15) is 0 Å². The number of hydrogen-bond donors (Lipinski definition) is 1. The molecule has 0 saturated carbocycles. The highest BCUT2D eigenvalue weighted by Gasteiger charge is 2.29. The Hall–Kier alpha value is -1.75. The number of ether oxygens (including phenoxy) is 1. The van der Waals surface area contributed by atoms with Gasteiger partial charge >= 0.3 is 0 Å². The lowest BCUT2D eigenvalue weighted by Gasteiger charge is -2.37. The van der Waals surface area contributed by atoms with Crippen molar-refractivity contribution in [1.82, 2.24) is 9.80 Å². The second kappa shape index (κ2) is 6.79. The number of carbonyl (C=O) groups is 1. The van der Waals surface area contributed by atoms with E-state index >= 15 is 0 Å². The molecule has 1 N–H and O–H groups in total. The predicted octanol–water partition coefficient (Wildman–Crippen LogP) is 2.33. The molecule has 0 unspecified atom stereocenters. The average Bonchev–Trinajstić information content (AvgIpc) is 2.55. The van der Waals surface area contributed by atoms with Crippen molar-refractivity contribution in [3.63, 3.8) is 0 Å². The molecule has 3 rings (SSSR count). The zero-order valence-electron chi connectivity index (χ0n) is 14.0. The maximum absolute atomic E-state index is 12.7. The van der Waals surface area contributed by atoms with Gasteiger partial charge in [-0.25, -0.2) is 0 Å². The van der Waals surface area contributed by atoms with E-state index in [0.29, 0.717) is 18.8 Å². The summed E-state index contributed by atoms with van der Waals surface area (Å²) >= 11 is 0. The Morgan fingerprint density at radius 2 is 2.00 bits per heavy atom. The van der Waals surface area contributed by atoms with Crippen molar-refractivity contribution in [2.75, 3.05) is 33.3 Å². The first-order valence-corrected chi connectivity index (χ1v) is 8.51. The molecule has 5 heteroatoms. The molecule has 1 aromatic rings. The van der Waals surface area contributed by atoms with Crippen LogP contribution in [-0.4, -0.2) is 54.1 Å². The lowest BCUT2D eigenvalue weighted by molar-refractivity contribution is -0.135. The third-order valence-corrected chi connectivity index (χ3v) is 5.11. The minimum atomic E-state index is 0.0190. The van der Waals surface area contributed by atoms with Crippen LogP contribution in [0.5, 0.6) is 11.5 Å². The van der Waals surface area contributed by atoms with Crippen LogP contribution in [0.3, 0.4) is 0 Å². The van der Waals surface area contributed by atoms with E-state index in [1.807, 2.05) is 11.0 Å². The smallest absolute Gasteiger partial charge is 0.237 e. The number of amides is 1. The second-order valence-electron chi connectivity index (χ2n) is 6.57. The molecule has 2 aliphatic heterocycles. The predicted molar refractivity (Wildman–Crippen MR) is 88.8 cm³/mol. The fourth-order valence-corrected chi connectivity index (χ4v) is 3.74. The standard InChI is InChI=1S/C18H26N2O3/c1-13-15-11-17(23-2)16(21)10-14(15)6-9-20(13)18(22)12-19-7-4-3-5-8-19/h10-11,13,21H,3-9,12H2,1-2H3/t13-/m1/s1. The number of methoxy groups -OCH3 is 1. The number of phenols is 1. The summed E-state index contributed by atoms with van der Waals surface area (Å²) in [5.41, 5.74) is 2.19. The van der Waals surface area contributed by atoms with Crippen molar-refractivity contribution >= 4 is 5.91 Å². The zero-order chi connectivity index (χ0) is 16.4. The van der Waals surface area contributed by atoms with Gasteiger partial charge in [0.15, 0.2) is 11.5 Å².